The van der Waals surface area contributed by atoms with Gasteiger partial charge in [-0.25, -0.2) is 9.78 Å². The van der Waals surface area contributed by atoms with E-state index in [1.807, 2.05) is 25.1 Å². The molecule has 0 bridgehead atoms. The van der Waals surface area contributed by atoms with Gasteiger partial charge in [-0.3, -0.25) is 9.59 Å². The number of pyridine rings is 1. The maximum atomic E-state index is 12.8. The molecule has 33 heavy (non-hydrogen) atoms. The van der Waals surface area contributed by atoms with Crippen molar-refractivity contribution in [2.75, 3.05) is 7.11 Å². The number of benzene rings is 1. The van der Waals surface area contributed by atoms with Crippen molar-refractivity contribution in [2.45, 2.75) is 53.2 Å². The Bertz CT molecular complexity index is 961. The highest BCUT2D eigenvalue weighted by Crippen LogP contribution is 2.29. The van der Waals surface area contributed by atoms with E-state index >= 15 is 0 Å². The average molecular weight is 457 g/mol. The fourth-order valence-corrected chi connectivity index (χ4v) is 3.52. The molecule has 178 valence electrons. The molecule has 8 heteroatoms. The van der Waals surface area contributed by atoms with Crippen molar-refractivity contribution in [3.05, 3.63) is 53.9 Å². The minimum Gasteiger partial charge on any atom is -0.493 e. The monoisotopic (exact) mass is 456 g/mol. The van der Waals surface area contributed by atoms with E-state index in [1.54, 1.807) is 0 Å². The average Bonchev–Trinajstić information content (AvgIpc) is 2.77. The Kier molecular flexibility index (Phi) is 9.39. The molecule has 0 saturated heterocycles. The van der Waals surface area contributed by atoms with Crippen molar-refractivity contribution in [1.82, 2.24) is 10.3 Å². The zero-order valence-electron chi connectivity index (χ0n) is 20.0. The number of amides is 1. The lowest BCUT2D eigenvalue weighted by atomic mass is 9.85. The summed E-state index contributed by atoms with van der Waals surface area (Å²) in [6.45, 7) is 8.78. The maximum absolute atomic E-state index is 12.8. The van der Waals surface area contributed by atoms with E-state index in [2.05, 4.69) is 36.3 Å². The van der Waals surface area contributed by atoms with Crippen LogP contribution < -0.4 is 14.8 Å². The summed E-state index contributed by atoms with van der Waals surface area (Å²) >= 11 is 0. The van der Waals surface area contributed by atoms with Crippen LogP contribution >= 0.6 is 0 Å². The molecule has 0 unspecified atom stereocenters. The fraction of sp³-hybridized carbons (Fsp3) is 0.440. The first-order chi connectivity index (χ1) is 15.6. The lowest BCUT2D eigenvalue weighted by Gasteiger charge is -2.28. The molecule has 0 saturated carbocycles. The van der Waals surface area contributed by atoms with Crippen LogP contribution in [-0.2, 0) is 20.7 Å². The molecule has 0 radical (unpaired) electrons. The van der Waals surface area contributed by atoms with E-state index in [0.29, 0.717) is 0 Å². The van der Waals surface area contributed by atoms with E-state index in [1.165, 1.54) is 38.8 Å². The number of ether oxygens (including phenoxy) is 3. The second-order valence-corrected chi connectivity index (χ2v) is 8.22. The Morgan fingerprint density at radius 2 is 1.70 bits per heavy atom. The van der Waals surface area contributed by atoms with Crippen LogP contribution in [0.5, 0.6) is 11.5 Å². The van der Waals surface area contributed by atoms with Crippen molar-refractivity contribution in [1.29, 1.82) is 0 Å². The van der Waals surface area contributed by atoms with Gasteiger partial charge >= 0.3 is 11.9 Å². The van der Waals surface area contributed by atoms with Gasteiger partial charge in [-0.05, 0) is 31.7 Å². The van der Waals surface area contributed by atoms with Gasteiger partial charge in [0, 0.05) is 25.1 Å². The van der Waals surface area contributed by atoms with Gasteiger partial charge in [-0.2, -0.15) is 0 Å². The lowest BCUT2D eigenvalue weighted by Crippen LogP contribution is -2.42. The molecule has 0 aliphatic heterocycles. The largest absolute Gasteiger partial charge is 0.493 e. The molecular weight excluding hydrogens is 424 g/mol. The van der Waals surface area contributed by atoms with E-state index < -0.39 is 23.9 Å². The number of rotatable bonds is 10. The third-order valence-corrected chi connectivity index (χ3v) is 5.33. The summed E-state index contributed by atoms with van der Waals surface area (Å²) in [7, 11) is 1.38. The van der Waals surface area contributed by atoms with Gasteiger partial charge in [0.15, 0.2) is 11.4 Å². The van der Waals surface area contributed by atoms with Crippen molar-refractivity contribution in [3.8, 4) is 11.5 Å². The summed E-state index contributed by atoms with van der Waals surface area (Å²) in [5.41, 5.74) is 1.00. The van der Waals surface area contributed by atoms with Crippen molar-refractivity contribution < 1.29 is 28.6 Å². The zero-order valence-corrected chi connectivity index (χ0v) is 20.0. The standard InChI is InChI=1S/C25H32N2O6/c1-15(2)20(14-19-10-8-7-9-11-19)17(4)32-25(30)16(3)27-24(29)22-23(33-18(5)28)21(31-6)12-13-26-22/h7-13,15-17,20H,14H2,1-6H3,(H,27,29)/t16-,17-,20+/m0/s1. The molecule has 1 N–H and O–H groups in total. The number of hydrogen-bond acceptors (Lipinski definition) is 7. The molecule has 3 atom stereocenters. The topological polar surface area (TPSA) is 104 Å². The van der Waals surface area contributed by atoms with E-state index in [9.17, 15) is 14.4 Å². The van der Waals surface area contributed by atoms with Crippen LogP contribution in [0.4, 0.5) is 0 Å². The number of methoxy groups -OCH3 is 1. The summed E-state index contributed by atoms with van der Waals surface area (Å²) < 4.78 is 16.0. The van der Waals surface area contributed by atoms with Gasteiger partial charge in [-0.15, -0.1) is 0 Å². The first kappa shape index (κ1) is 25.8. The quantitative estimate of drug-likeness (QED) is 0.545. The number of nitrogens with zero attached hydrogens (tertiary/aromatic N) is 1. The van der Waals surface area contributed by atoms with Gasteiger partial charge in [0.05, 0.1) is 7.11 Å². The molecule has 8 nitrogen and oxygen atoms in total. The number of carbonyl (C=O) groups is 3. The molecule has 0 fully saturated rings. The van der Waals surface area contributed by atoms with Crippen LogP contribution in [0, 0.1) is 11.8 Å². The van der Waals surface area contributed by atoms with Crippen LogP contribution in [0.2, 0.25) is 0 Å². The number of carbonyl (C=O) groups excluding carboxylic acids is 3. The van der Waals surface area contributed by atoms with Crippen LogP contribution in [0.25, 0.3) is 0 Å². The van der Waals surface area contributed by atoms with Gasteiger partial charge in [0.25, 0.3) is 5.91 Å². The fourth-order valence-electron chi connectivity index (χ4n) is 3.52. The molecular formula is C25H32N2O6. The summed E-state index contributed by atoms with van der Waals surface area (Å²) in [5.74, 6) is -1.43. The Morgan fingerprint density at radius 3 is 2.27 bits per heavy atom. The minimum atomic E-state index is -0.942. The van der Waals surface area contributed by atoms with Gasteiger partial charge in [-0.1, -0.05) is 44.2 Å². The summed E-state index contributed by atoms with van der Waals surface area (Å²) in [4.78, 5) is 40.9. The predicted octanol–water partition coefficient (Wildman–Crippen LogP) is 3.58. The van der Waals surface area contributed by atoms with Gasteiger partial charge in [0.1, 0.15) is 12.1 Å². The molecule has 1 heterocycles. The van der Waals surface area contributed by atoms with E-state index in [0.717, 1.165) is 6.42 Å². The minimum absolute atomic E-state index is 0.106. The second-order valence-electron chi connectivity index (χ2n) is 8.22. The summed E-state index contributed by atoms with van der Waals surface area (Å²) in [6.07, 6.45) is 1.76. The Labute approximate surface area is 194 Å². The van der Waals surface area contributed by atoms with Crippen LogP contribution in [0.15, 0.2) is 42.6 Å². The number of aromatic nitrogens is 1. The molecule has 0 aliphatic carbocycles. The molecule has 1 aromatic heterocycles. The van der Waals surface area contributed by atoms with Crippen LogP contribution in [-0.4, -0.2) is 42.1 Å². The Hall–Kier alpha value is -3.42. The van der Waals surface area contributed by atoms with Crippen LogP contribution in [0.3, 0.4) is 0 Å². The number of nitrogens with one attached hydrogen (secondary N) is 1. The van der Waals surface area contributed by atoms with E-state index in [-0.39, 0.29) is 35.1 Å². The third-order valence-electron chi connectivity index (χ3n) is 5.33. The summed E-state index contributed by atoms with van der Waals surface area (Å²) in [5, 5.41) is 2.56. The smallest absolute Gasteiger partial charge is 0.328 e. The molecule has 1 aromatic carbocycles. The molecule has 1 amide bonds. The Morgan fingerprint density at radius 1 is 1.03 bits per heavy atom. The van der Waals surface area contributed by atoms with Crippen molar-refractivity contribution in [3.63, 3.8) is 0 Å². The van der Waals surface area contributed by atoms with Gasteiger partial charge < -0.3 is 19.5 Å². The first-order valence-corrected chi connectivity index (χ1v) is 10.9. The highest BCUT2D eigenvalue weighted by atomic mass is 16.6. The SMILES string of the molecule is COc1ccnc(C(=O)N[C@@H](C)C(=O)O[C@@H](C)[C@H](Cc2ccccc2)C(C)C)c1OC(C)=O. The number of hydrogen-bond donors (Lipinski definition) is 1. The molecule has 2 rings (SSSR count). The molecule has 2 aromatic rings. The highest BCUT2D eigenvalue weighted by molar-refractivity contribution is 5.98. The van der Waals surface area contributed by atoms with Crippen molar-refractivity contribution in [2.24, 2.45) is 11.8 Å². The molecule has 0 spiro atoms. The lowest BCUT2D eigenvalue weighted by molar-refractivity contribution is -0.153. The maximum Gasteiger partial charge on any atom is 0.328 e. The van der Waals surface area contributed by atoms with E-state index in [4.69, 9.17) is 14.2 Å². The zero-order chi connectivity index (χ0) is 24.5. The predicted molar refractivity (Wildman–Crippen MR) is 123 cm³/mol. The molecule has 0 aliphatic rings. The Balaban J connectivity index is 2.07. The van der Waals surface area contributed by atoms with Crippen LogP contribution in [0.1, 0.15) is 50.7 Å². The van der Waals surface area contributed by atoms with Crippen molar-refractivity contribution >= 4 is 17.8 Å². The summed E-state index contributed by atoms with van der Waals surface area (Å²) in [6, 6.07) is 10.6. The highest BCUT2D eigenvalue weighted by Gasteiger charge is 2.28. The first-order valence-electron chi connectivity index (χ1n) is 10.9. The normalized spacial score (nSPS) is 13.5. The third kappa shape index (κ3) is 7.30. The second kappa shape index (κ2) is 12.0. The van der Waals surface area contributed by atoms with Gasteiger partial charge in [0.2, 0.25) is 5.75 Å². The number of esters is 2.